The average Bonchev–Trinajstić information content (AvgIpc) is 2.39. The number of rotatable bonds is 8. The van der Waals surface area contributed by atoms with Gasteiger partial charge in [-0.15, -0.1) is 0 Å². The fourth-order valence-electron chi connectivity index (χ4n) is 1.93. The Kier molecular flexibility index (Phi) is 6.32. The van der Waals surface area contributed by atoms with Crippen molar-refractivity contribution in [3.8, 4) is 0 Å². The number of benzene rings is 1. The highest BCUT2D eigenvalue weighted by atomic mass is 16.5. The molecule has 0 heterocycles. The number of anilines is 1. The summed E-state index contributed by atoms with van der Waals surface area (Å²) in [6, 6.07) is 5.80. The lowest BCUT2D eigenvalue weighted by Gasteiger charge is -2.26. The van der Waals surface area contributed by atoms with Crippen LogP contribution in [0.15, 0.2) is 18.2 Å². The molecule has 0 aliphatic rings. The van der Waals surface area contributed by atoms with Gasteiger partial charge in [0, 0.05) is 38.6 Å². The van der Waals surface area contributed by atoms with E-state index in [0.717, 1.165) is 29.9 Å². The quantitative estimate of drug-likeness (QED) is 0.550. The highest BCUT2D eigenvalue weighted by Gasteiger charge is 2.10. The molecular formula is C14H23N3O2. The summed E-state index contributed by atoms with van der Waals surface area (Å²) >= 11 is 0. The predicted octanol–water partition coefficient (Wildman–Crippen LogP) is 1.38. The molecular weight excluding hydrogens is 242 g/mol. The Bertz CT molecular complexity index is 413. The van der Waals surface area contributed by atoms with Crippen LogP contribution in [0.3, 0.4) is 0 Å². The first-order valence-electron chi connectivity index (χ1n) is 6.28. The summed E-state index contributed by atoms with van der Waals surface area (Å²) in [5.74, 6) is 0.0926. The molecule has 5 heteroatoms. The van der Waals surface area contributed by atoms with Gasteiger partial charge in [0.25, 0.3) is 0 Å². The second-order valence-corrected chi connectivity index (χ2v) is 4.39. The summed E-state index contributed by atoms with van der Waals surface area (Å²) in [6.07, 6.45) is 0. The molecule has 19 heavy (non-hydrogen) atoms. The molecule has 0 aliphatic carbocycles. The topological polar surface area (TPSA) is 71.6 Å². The fourth-order valence-corrected chi connectivity index (χ4v) is 1.93. The van der Waals surface area contributed by atoms with Crippen molar-refractivity contribution in [2.75, 3.05) is 45.4 Å². The Balaban J connectivity index is 2.90. The molecule has 0 saturated heterocycles. The third-order valence-electron chi connectivity index (χ3n) is 2.98. The summed E-state index contributed by atoms with van der Waals surface area (Å²) in [4.78, 5) is 2.21. The predicted molar refractivity (Wildman–Crippen MR) is 78.2 cm³/mol. The zero-order chi connectivity index (χ0) is 14.3. The minimum atomic E-state index is 0.0926. The van der Waals surface area contributed by atoms with Crippen molar-refractivity contribution >= 4 is 11.5 Å². The van der Waals surface area contributed by atoms with Crippen molar-refractivity contribution in [1.82, 2.24) is 0 Å². The zero-order valence-electron chi connectivity index (χ0n) is 11.9. The van der Waals surface area contributed by atoms with Crippen molar-refractivity contribution < 1.29 is 9.47 Å². The number of methoxy groups -OCH3 is 2. The van der Waals surface area contributed by atoms with Gasteiger partial charge in [-0.3, -0.25) is 5.41 Å². The van der Waals surface area contributed by atoms with E-state index in [-0.39, 0.29) is 5.84 Å². The molecule has 106 valence electrons. The second kappa shape index (κ2) is 7.76. The largest absolute Gasteiger partial charge is 0.384 e. The minimum absolute atomic E-state index is 0.0926. The maximum Gasteiger partial charge on any atom is 0.122 e. The van der Waals surface area contributed by atoms with E-state index >= 15 is 0 Å². The van der Waals surface area contributed by atoms with Gasteiger partial charge in [-0.1, -0.05) is 0 Å². The number of aryl methyl sites for hydroxylation is 1. The van der Waals surface area contributed by atoms with Crippen LogP contribution in [-0.2, 0) is 9.47 Å². The highest BCUT2D eigenvalue weighted by molar-refractivity contribution is 5.95. The van der Waals surface area contributed by atoms with Crippen LogP contribution in [0.2, 0.25) is 0 Å². The number of nitrogens with one attached hydrogen (secondary N) is 1. The summed E-state index contributed by atoms with van der Waals surface area (Å²) < 4.78 is 10.3. The molecule has 0 amide bonds. The molecule has 1 aromatic rings. The third-order valence-corrected chi connectivity index (χ3v) is 2.98. The number of hydrogen-bond donors (Lipinski definition) is 2. The van der Waals surface area contributed by atoms with E-state index < -0.39 is 0 Å². The number of ether oxygens (including phenoxy) is 2. The van der Waals surface area contributed by atoms with Gasteiger partial charge >= 0.3 is 0 Å². The molecule has 0 radical (unpaired) electrons. The molecule has 0 fully saturated rings. The van der Waals surface area contributed by atoms with Gasteiger partial charge in [-0.05, 0) is 30.7 Å². The lowest BCUT2D eigenvalue weighted by molar-refractivity contribution is 0.190. The van der Waals surface area contributed by atoms with E-state index in [1.54, 1.807) is 14.2 Å². The van der Waals surface area contributed by atoms with Gasteiger partial charge in [0.2, 0.25) is 0 Å². The number of nitrogens with two attached hydrogens (primary N) is 1. The SMILES string of the molecule is COCCN(CCOC)c1ccc(C(=N)N)cc1C. The van der Waals surface area contributed by atoms with Crippen LogP contribution in [-0.4, -0.2) is 46.4 Å². The van der Waals surface area contributed by atoms with Gasteiger partial charge in [0.05, 0.1) is 13.2 Å². The van der Waals surface area contributed by atoms with Crippen LogP contribution in [0.5, 0.6) is 0 Å². The average molecular weight is 265 g/mol. The first-order chi connectivity index (χ1) is 9.10. The molecule has 0 atom stereocenters. The van der Waals surface area contributed by atoms with E-state index in [0.29, 0.717) is 13.2 Å². The molecule has 1 rings (SSSR count). The van der Waals surface area contributed by atoms with Gasteiger partial charge in [0.15, 0.2) is 0 Å². The van der Waals surface area contributed by atoms with E-state index in [9.17, 15) is 0 Å². The van der Waals surface area contributed by atoms with E-state index in [2.05, 4.69) is 4.90 Å². The van der Waals surface area contributed by atoms with Crippen LogP contribution in [0.4, 0.5) is 5.69 Å². The lowest BCUT2D eigenvalue weighted by atomic mass is 10.1. The second-order valence-electron chi connectivity index (χ2n) is 4.39. The van der Waals surface area contributed by atoms with Gasteiger partial charge in [0.1, 0.15) is 5.84 Å². The summed E-state index contributed by atoms with van der Waals surface area (Å²) in [6.45, 7) is 4.96. The molecule has 0 bridgehead atoms. The van der Waals surface area contributed by atoms with Gasteiger partial charge < -0.3 is 20.1 Å². The lowest BCUT2D eigenvalue weighted by Crippen LogP contribution is -2.31. The Morgan fingerprint density at radius 1 is 1.21 bits per heavy atom. The van der Waals surface area contributed by atoms with E-state index in [1.807, 2.05) is 25.1 Å². The standard InChI is InChI=1S/C14H23N3O2/c1-11-10-12(14(15)16)4-5-13(11)17(6-8-18-2)7-9-19-3/h4-5,10H,6-9H2,1-3H3,(H3,15,16). The maximum atomic E-state index is 7.46. The van der Waals surface area contributed by atoms with Crippen molar-refractivity contribution in [3.63, 3.8) is 0 Å². The zero-order valence-corrected chi connectivity index (χ0v) is 11.9. The molecule has 0 spiro atoms. The molecule has 0 unspecified atom stereocenters. The van der Waals surface area contributed by atoms with Crippen LogP contribution in [0.1, 0.15) is 11.1 Å². The summed E-state index contributed by atoms with van der Waals surface area (Å²) in [5.41, 5.74) is 8.47. The van der Waals surface area contributed by atoms with Gasteiger partial charge in [-0.25, -0.2) is 0 Å². The normalized spacial score (nSPS) is 10.5. The molecule has 0 aliphatic heterocycles. The maximum absolute atomic E-state index is 7.46. The highest BCUT2D eigenvalue weighted by Crippen LogP contribution is 2.21. The summed E-state index contributed by atoms with van der Waals surface area (Å²) in [7, 11) is 3.39. The van der Waals surface area contributed by atoms with Crippen LogP contribution in [0, 0.1) is 12.3 Å². The monoisotopic (exact) mass is 265 g/mol. The van der Waals surface area contributed by atoms with Crippen molar-refractivity contribution in [3.05, 3.63) is 29.3 Å². The number of nitrogens with zero attached hydrogens (tertiary/aromatic N) is 1. The number of amidine groups is 1. The minimum Gasteiger partial charge on any atom is -0.384 e. The summed E-state index contributed by atoms with van der Waals surface area (Å²) in [5, 5.41) is 7.46. The Morgan fingerprint density at radius 2 is 1.79 bits per heavy atom. The Labute approximate surface area is 114 Å². The van der Waals surface area contributed by atoms with Gasteiger partial charge in [-0.2, -0.15) is 0 Å². The van der Waals surface area contributed by atoms with E-state index in [4.69, 9.17) is 20.6 Å². The fraction of sp³-hybridized carbons (Fsp3) is 0.500. The van der Waals surface area contributed by atoms with Crippen LogP contribution < -0.4 is 10.6 Å². The number of hydrogen-bond acceptors (Lipinski definition) is 4. The van der Waals surface area contributed by atoms with Crippen molar-refractivity contribution in [2.45, 2.75) is 6.92 Å². The third kappa shape index (κ3) is 4.54. The van der Waals surface area contributed by atoms with Crippen LogP contribution in [0.25, 0.3) is 0 Å². The van der Waals surface area contributed by atoms with Crippen molar-refractivity contribution in [2.24, 2.45) is 5.73 Å². The first kappa shape index (κ1) is 15.5. The van der Waals surface area contributed by atoms with Crippen molar-refractivity contribution in [1.29, 1.82) is 5.41 Å². The van der Waals surface area contributed by atoms with Crippen LogP contribution >= 0.6 is 0 Å². The molecule has 0 aromatic heterocycles. The first-order valence-corrected chi connectivity index (χ1v) is 6.28. The molecule has 3 N–H and O–H groups in total. The smallest absolute Gasteiger partial charge is 0.122 e. The molecule has 1 aromatic carbocycles. The molecule has 0 saturated carbocycles. The Hall–Kier alpha value is -1.59. The number of nitrogen functional groups attached to an aromatic ring is 1. The Morgan fingerprint density at radius 3 is 2.21 bits per heavy atom. The van der Waals surface area contributed by atoms with E-state index in [1.165, 1.54) is 0 Å². The molecule has 5 nitrogen and oxygen atoms in total.